The van der Waals surface area contributed by atoms with Gasteiger partial charge in [0, 0.05) is 25.8 Å². The summed E-state index contributed by atoms with van der Waals surface area (Å²) in [7, 11) is 2.11. The lowest BCUT2D eigenvalue weighted by Crippen LogP contribution is -2.20. The Morgan fingerprint density at radius 2 is 2.00 bits per heavy atom. The smallest absolute Gasteiger partial charge is 0.122 e. The molecule has 0 spiro atoms. The molecule has 1 aromatic heterocycles. The summed E-state index contributed by atoms with van der Waals surface area (Å²) in [5.74, 6) is 0. The molecule has 110 valence electrons. The molecular weight excluding hydrogens is 280 g/mol. The van der Waals surface area contributed by atoms with Gasteiger partial charge in [0.1, 0.15) is 4.99 Å². The minimum absolute atomic E-state index is 0.325. The van der Waals surface area contributed by atoms with Gasteiger partial charge in [-0.15, -0.1) is 0 Å². The quantitative estimate of drug-likeness (QED) is 0.608. The van der Waals surface area contributed by atoms with Crippen LogP contribution in [0.5, 0.6) is 0 Å². The van der Waals surface area contributed by atoms with Gasteiger partial charge < -0.3 is 16.0 Å². The van der Waals surface area contributed by atoms with Crippen LogP contribution >= 0.6 is 12.2 Å². The fraction of sp³-hybridized carbons (Fsp3) is 0.250. The van der Waals surface area contributed by atoms with E-state index in [9.17, 15) is 0 Å². The van der Waals surface area contributed by atoms with Gasteiger partial charge in [0.05, 0.1) is 17.6 Å². The van der Waals surface area contributed by atoms with Crippen molar-refractivity contribution in [2.45, 2.75) is 6.42 Å². The number of hydrogen-bond donors (Lipinski definition) is 2. The molecular formula is C16H20N4S. The van der Waals surface area contributed by atoms with Crippen LogP contribution < -0.4 is 16.0 Å². The van der Waals surface area contributed by atoms with Crippen molar-refractivity contribution in [1.29, 1.82) is 0 Å². The SMILES string of the molecule is CN(CCCNc1ccc(C(N)=S)nc1)c1ccccc1. The molecule has 0 aliphatic heterocycles. The highest BCUT2D eigenvalue weighted by Crippen LogP contribution is 2.11. The molecule has 0 saturated carbocycles. The topological polar surface area (TPSA) is 54.2 Å². The monoisotopic (exact) mass is 300 g/mol. The van der Waals surface area contributed by atoms with Crippen molar-refractivity contribution < 1.29 is 0 Å². The van der Waals surface area contributed by atoms with Crippen molar-refractivity contribution in [1.82, 2.24) is 4.98 Å². The van der Waals surface area contributed by atoms with Gasteiger partial charge in [0.25, 0.3) is 0 Å². The molecule has 0 saturated heterocycles. The van der Waals surface area contributed by atoms with Crippen LogP contribution in [0.25, 0.3) is 0 Å². The zero-order valence-electron chi connectivity index (χ0n) is 12.1. The summed E-state index contributed by atoms with van der Waals surface area (Å²) in [6, 6.07) is 14.2. The molecule has 0 unspecified atom stereocenters. The number of pyridine rings is 1. The van der Waals surface area contributed by atoms with E-state index in [0.717, 1.165) is 25.2 Å². The van der Waals surface area contributed by atoms with E-state index in [1.54, 1.807) is 6.20 Å². The Hall–Kier alpha value is -2.14. The number of rotatable bonds is 7. The molecule has 1 aromatic carbocycles. The largest absolute Gasteiger partial charge is 0.388 e. The Bertz CT molecular complexity index is 569. The zero-order valence-corrected chi connectivity index (χ0v) is 12.9. The number of nitrogens with zero attached hydrogens (tertiary/aromatic N) is 2. The number of aromatic nitrogens is 1. The van der Waals surface area contributed by atoms with Crippen LogP contribution in [0.15, 0.2) is 48.7 Å². The molecule has 3 N–H and O–H groups in total. The maximum absolute atomic E-state index is 5.52. The van der Waals surface area contributed by atoms with Crippen LogP contribution in [-0.2, 0) is 0 Å². The van der Waals surface area contributed by atoms with E-state index in [2.05, 4.69) is 46.5 Å². The first-order chi connectivity index (χ1) is 10.2. The third-order valence-electron chi connectivity index (χ3n) is 3.21. The summed E-state index contributed by atoms with van der Waals surface area (Å²) >= 11 is 4.88. The molecule has 0 aliphatic rings. The maximum atomic E-state index is 5.52. The fourth-order valence-corrected chi connectivity index (χ4v) is 2.13. The molecule has 4 nitrogen and oxygen atoms in total. The average Bonchev–Trinajstić information content (AvgIpc) is 2.52. The number of nitrogens with one attached hydrogen (secondary N) is 1. The van der Waals surface area contributed by atoms with Gasteiger partial charge in [-0.3, -0.25) is 4.98 Å². The molecule has 0 amide bonds. The average molecular weight is 300 g/mol. The van der Waals surface area contributed by atoms with Gasteiger partial charge in [0.2, 0.25) is 0 Å². The van der Waals surface area contributed by atoms with Crippen LogP contribution in [0.2, 0.25) is 0 Å². The summed E-state index contributed by atoms with van der Waals surface area (Å²) in [6.45, 7) is 1.89. The number of para-hydroxylation sites is 1. The van der Waals surface area contributed by atoms with Gasteiger partial charge in [-0.25, -0.2) is 0 Å². The van der Waals surface area contributed by atoms with Crippen molar-refractivity contribution in [3.05, 3.63) is 54.4 Å². The van der Waals surface area contributed by atoms with E-state index in [1.807, 2.05) is 18.2 Å². The normalized spacial score (nSPS) is 10.1. The van der Waals surface area contributed by atoms with Gasteiger partial charge in [-0.05, 0) is 30.7 Å². The van der Waals surface area contributed by atoms with E-state index in [-0.39, 0.29) is 0 Å². The summed E-state index contributed by atoms with van der Waals surface area (Å²) in [6.07, 6.45) is 2.80. The molecule has 2 aromatic rings. The minimum Gasteiger partial charge on any atom is -0.388 e. The number of benzene rings is 1. The highest BCUT2D eigenvalue weighted by molar-refractivity contribution is 7.80. The molecule has 0 radical (unpaired) electrons. The molecule has 5 heteroatoms. The lowest BCUT2D eigenvalue weighted by molar-refractivity contribution is 0.816. The van der Waals surface area contributed by atoms with Crippen LogP contribution in [0, 0.1) is 0 Å². The fourth-order valence-electron chi connectivity index (χ4n) is 2.00. The lowest BCUT2D eigenvalue weighted by Gasteiger charge is -2.19. The van der Waals surface area contributed by atoms with Crippen LogP contribution in [0.4, 0.5) is 11.4 Å². The highest BCUT2D eigenvalue weighted by atomic mass is 32.1. The van der Waals surface area contributed by atoms with Gasteiger partial charge in [-0.2, -0.15) is 0 Å². The van der Waals surface area contributed by atoms with E-state index < -0.39 is 0 Å². The second-order valence-corrected chi connectivity index (χ2v) is 5.27. The molecule has 1 heterocycles. The standard InChI is InChI=1S/C16H20N4S/c1-20(14-6-3-2-4-7-14)11-5-10-18-13-8-9-15(16(17)21)19-12-13/h2-4,6-9,12,18H,5,10-11H2,1H3,(H2,17,21). The highest BCUT2D eigenvalue weighted by Gasteiger charge is 2.00. The maximum Gasteiger partial charge on any atom is 0.122 e. The summed E-state index contributed by atoms with van der Waals surface area (Å²) < 4.78 is 0. The number of anilines is 2. The van der Waals surface area contributed by atoms with E-state index in [4.69, 9.17) is 18.0 Å². The first kappa shape index (κ1) is 15.3. The van der Waals surface area contributed by atoms with Crippen LogP contribution in [0.1, 0.15) is 12.1 Å². The molecule has 2 rings (SSSR count). The zero-order chi connectivity index (χ0) is 15.1. The second-order valence-electron chi connectivity index (χ2n) is 4.83. The third-order valence-corrected chi connectivity index (χ3v) is 3.42. The lowest BCUT2D eigenvalue weighted by atomic mass is 10.3. The van der Waals surface area contributed by atoms with Crippen molar-refractivity contribution in [3.8, 4) is 0 Å². The summed E-state index contributed by atoms with van der Waals surface area (Å²) in [5, 5.41) is 3.34. The number of nitrogens with two attached hydrogens (primary N) is 1. The number of thiocarbonyl (C=S) groups is 1. The van der Waals surface area contributed by atoms with Crippen molar-refractivity contribution in [2.24, 2.45) is 5.73 Å². The first-order valence-corrected chi connectivity index (χ1v) is 7.33. The molecule has 0 aliphatic carbocycles. The van der Waals surface area contributed by atoms with E-state index in [1.165, 1.54) is 5.69 Å². The minimum atomic E-state index is 0.325. The van der Waals surface area contributed by atoms with Crippen LogP contribution in [0.3, 0.4) is 0 Å². The predicted molar refractivity (Wildman–Crippen MR) is 92.9 cm³/mol. The Labute approximate surface area is 131 Å². The third kappa shape index (κ3) is 4.72. The van der Waals surface area contributed by atoms with Gasteiger partial charge in [-0.1, -0.05) is 30.4 Å². The Morgan fingerprint density at radius 1 is 1.24 bits per heavy atom. The van der Waals surface area contributed by atoms with Crippen molar-refractivity contribution >= 4 is 28.6 Å². The molecule has 0 bridgehead atoms. The predicted octanol–water partition coefficient (Wildman–Crippen LogP) is 2.65. The van der Waals surface area contributed by atoms with Crippen LogP contribution in [-0.4, -0.2) is 30.1 Å². The summed E-state index contributed by atoms with van der Waals surface area (Å²) in [5.41, 5.74) is 8.39. The van der Waals surface area contributed by atoms with E-state index in [0.29, 0.717) is 10.7 Å². The Morgan fingerprint density at radius 3 is 2.62 bits per heavy atom. The second kappa shape index (κ2) is 7.59. The van der Waals surface area contributed by atoms with Gasteiger partial charge >= 0.3 is 0 Å². The molecule has 0 fully saturated rings. The molecule has 0 atom stereocenters. The van der Waals surface area contributed by atoms with E-state index >= 15 is 0 Å². The van der Waals surface area contributed by atoms with Crippen molar-refractivity contribution in [2.75, 3.05) is 30.4 Å². The Kier molecular flexibility index (Phi) is 5.51. The molecule has 21 heavy (non-hydrogen) atoms. The van der Waals surface area contributed by atoms with Crippen molar-refractivity contribution in [3.63, 3.8) is 0 Å². The van der Waals surface area contributed by atoms with Gasteiger partial charge in [0.15, 0.2) is 0 Å². The first-order valence-electron chi connectivity index (χ1n) is 6.93. The Balaban J connectivity index is 1.73. The summed E-state index contributed by atoms with van der Waals surface area (Å²) in [4.78, 5) is 6.77. The number of hydrogen-bond acceptors (Lipinski definition) is 4.